The number of anilines is 2. The van der Waals surface area contributed by atoms with E-state index in [2.05, 4.69) is 15.8 Å². The molecule has 1 aromatic heterocycles. The highest BCUT2D eigenvalue weighted by atomic mass is 16.5. The van der Waals surface area contributed by atoms with Crippen LogP contribution in [0.5, 0.6) is 5.75 Å². The molecular weight excluding hydrogens is 424 g/mol. The average Bonchev–Trinajstić information content (AvgIpc) is 3.12. The molecule has 3 aliphatic rings. The molecule has 1 unspecified atom stereocenters. The van der Waals surface area contributed by atoms with Crippen LogP contribution in [0.4, 0.5) is 16.3 Å². The van der Waals surface area contributed by atoms with Gasteiger partial charge in [-0.1, -0.05) is 5.92 Å². The zero-order valence-corrected chi connectivity index (χ0v) is 19.1. The quantitative estimate of drug-likeness (QED) is 0.655. The number of carboxylic acid groups (broad SMARTS) is 1. The Labute approximate surface area is 194 Å². The van der Waals surface area contributed by atoms with Crippen LogP contribution in [0.3, 0.4) is 0 Å². The van der Waals surface area contributed by atoms with E-state index in [9.17, 15) is 19.8 Å². The van der Waals surface area contributed by atoms with Crippen molar-refractivity contribution >= 4 is 23.5 Å². The van der Waals surface area contributed by atoms with Crippen molar-refractivity contribution in [2.45, 2.75) is 57.1 Å². The molecule has 2 amide bonds. The Morgan fingerprint density at radius 1 is 1.33 bits per heavy atom. The highest BCUT2D eigenvalue weighted by molar-refractivity contribution is 5.88. The molecule has 1 saturated carbocycles. The second-order valence-electron chi connectivity index (χ2n) is 9.31. The smallest absolute Gasteiger partial charge is 0.412 e. The molecule has 0 aromatic carbocycles. The van der Waals surface area contributed by atoms with Crippen LogP contribution in [0.15, 0.2) is 12.3 Å². The molecule has 4 rings (SSSR count). The van der Waals surface area contributed by atoms with Crippen molar-refractivity contribution in [1.82, 2.24) is 9.88 Å². The van der Waals surface area contributed by atoms with E-state index in [1.54, 1.807) is 6.07 Å². The van der Waals surface area contributed by atoms with E-state index in [0.29, 0.717) is 23.8 Å². The van der Waals surface area contributed by atoms with Crippen LogP contribution in [0.2, 0.25) is 0 Å². The number of terminal acetylenes is 1. The van der Waals surface area contributed by atoms with Crippen LogP contribution in [0.1, 0.15) is 44.9 Å². The fraction of sp³-hybridized carbons (Fsp3) is 0.625. The summed E-state index contributed by atoms with van der Waals surface area (Å²) < 4.78 is 5.56. The summed E-state index contributed by atoms with van der Waals surface area (Å²) >= 11 is 0. The molecule has 9 nitrogen and oxygen atoms in total. The van der Waals surface area contributed by atoms with Gasteiger partial charge in [0.15, 0.2) is 11.6 Å². The fourth-order valence-corrected chi connectivity index (χ4v) is 5.58. The van der Waals surface area contributed by atoms with Crippen molar-refractivity contribution < 1.29 is 24.5 Å². The highest BCUT2D eigenvalue weighted by Gasteiger charge is 2.51. The number of carbonyl (C=O) groups excluding carboxylic acids is 1. The molecule has 1 aromatic rings. The van der Waals surface area contributed by atoms with Gasteiger partial charge in [0.05, 0.1) is 37.1 Å². The SMILES string of the molecule is C#CCN(C(=O)O)c1cnc(N2CCCC3(CCN([C@H]4CC[C@@H](O)CC4)C3=O)C2)c(OC)c1. The van der Waals surface area contributed by atoms with E-state index in [0.717, 1.165) is 62.9 Å². The standard InChI is InChI=1S/C24H32N4O5/c1-3-11-28(23(31)32)18-14-20(33-2)21(25-15-18)26-12-4-9-24(16-26)10-13-27(22(24)30)17-5-7-19(29)8-6-17/h1,14-15,17,19,29H,4-13,16H2,2H3,(H,31,32)/t17-,19+,24?. The lowest BCUT2D eigenvalue weighted by molar-refractivity contribution is -0.139. The van der Waals surface area contributed by atoms with Gasteiger partial charge in [-0.15, -0.1) is 6.42 Å². The number of methoxy groups -OCH3 is 1. The lowest BCUT2D eigenvalue weighted by Crippen LogP contribution is -2.50. The van der Waals surface area contributed by atoms with Crippen molar-refractivity contribution in [3.05, 3.63) is 12.3 Å². The van der Waals surface area contributed by atoms with Gasteiger partial charge in [0, 0.05) is 31.7 Å². The number of aliphatic hydroxyl groups excluding tert-OH is 1. The van der Waals surface area contributed by atoms with Crippen LogP contribution in [0, 0.1) is 17.8 Å². The minimum atomic E-state index is -1.16. The summed E-state index contributed by atoms with van der Waals surface area (Å²) in [5.74, 6) is 3.63. The van der Waals surface area contributed by atoms with Crippen molar-refractivity contribution in [2.75, 3.05) is 43.1 Å². The van der Waals surface area contributed by atoms with E-state index in [-0.39, 0.29) is 24.6 Å². The monoisotopic (exact) mass is 456 g/mol. The number of aliphatic hydroxyl groups is 1. The van der Waals surface area contributed by atoms with E-state index < -0.39 is 11.5 Å². The zero-order chi connectivity index (χ0) is 23.6. The Hall–Kier alpha value is -2.99. The van der Waals surface area contributed by atoms with Gasteiger partial charge >= 0.3 is 6.09 Å². The number of amides is 2. The number of pyridine rings is 1. The first-order valence-electron chi connectivity index (χ1n) is 11.6. The van der Waals surface area contributed by atoms with Gasteiger partial charge in [0.25, 0.3) is 0 Å². The zero-order valence-electron chi connectivity index (χ0n) is 19.1. The molecule has 0 bridgehead atoms. The largest absolute Gasteiger partial charge is 0.493 e. The number of likely N-dealkylation sites (tertiary alicyclic amines) is 1. The summed E-state index contributed by atoms with van der Waals surface area (Å²) in [5, 5.41) is 19.3. The van der Waals surface area contributed by atoms with Crippen LogP contribution >= 0.6 is 0 Å². The minimum absolute atomic E-state index is 0.0884. The lowest BCUT2D eigenvalue weighted by Gasteiger charge is -2.41. The molecule has 0 radical (unpaired) electrons. The van der Waals surface area contributed by atoms with Crippen LogP contribution in [-0.4, -0.2) is 77.5 Å². The highest BCUT2D eigenvalue weighted by Crippen LogP contribution is 2.44. The number of rotatable bonds is 5. The Kier molecular flexibility index (Phi) is 6.66. The van der Waals surface area contributed by atoms with Crippen LogP contribution < -0.4 is 14.5 Å². The normalized spacial score (nSPS) is 27.5. The molecule has 2 saturated heterocycles. The second kappa shape index (κ2) is 9.48. The molecule has 3 fully saturated rings. The first-order valence-corrected chi connectivity index (χ1v) is 11.6. The second-order valence-corrected chi connectivity index (χ2v) is 9.31. The molecular formula is C24H32N4O5. The van der Waals surface area contributed by atoms with Crippen molar-refractivity contribution in [1.29, 1.82) is 0 Å². The third-order valence-corrected chi connectivity index (χ3v) is 7.36. The topological polar surface area (TPSA) is 106 Å². The summed E-state index contributed by atoms with van der Waals surface area (Å²) in [6.45, 7) is 1.99. The lowest BCUT2D eigenvalue weighted by atomic mass is 9.78. The maximum Gasteiger partial charge on any atom is 0.412 e. The first-order chi connectivity index (χ1) is 15.9. The van der Waals surface area contributed by atoms with Crippen LogP contribution in [0.25, 0.3) is 0 Å². The summed E-state index contributed by atoms with van der Waals surface area (Å²) in [4.78, 5) is 34.8. The molecule has 1 spiro atoms. The van der Waals surface area contributed by atoms with Crippen molar-refractivity contribution in [2.24, 2.45) is 5.41 Å². The number of hydrogen-bond donors (Lipinski definition) is 2. The summed E-state index contributed by atoms with van der Waals surface area (Å²) in [7, 11) is 1.52. The van der Waals surface area contributed by atoms with E-state index >= 15 is 0 Å². The maximum atomic E-state index is 13.6. The number of ether oxygens (including phenoxy) is 1. The minimum Gasteiger partial charge on any atom is -0.493 e. The van der Waals surface area contributed by atoms with E-state index in [1.165, 1.54) is 13.3 Å². The van der Waals surface area contributed by atoms with Gasteiger partial charge < -0.3 is 24.7 Å². The van der Waals surface area contributed by atoms with Crippen LogP contribution in [-0.2, 0) is 4.79 Å². The molecule has 3 heterocycles. The maximum absolute atomic E-state index is 13.6. The average molecular weight is 457 g/mol. The molecule has 1 atom stereocenters. The van der Waals surface area contributed by atoms with E-state index in [4.69, 9.17) is 11.2 Å². The Balaban J connectivity index is 1.53. The molecule has 9 heteroatoms. The number of hydrogen-bond acceptors (Lipinski definition) is 6. The summed E-state index contributed by atoms with van der Waals surface area (Å²) in [5.41, 5.74) is -0.0913. The van der Waals surface area contributed by atoms with Gasteiger partial charge in [0.2, 0.25) is 5.91 Å². The third kappa shape index (κ3) is 4.44. The number of nitrogens with zero attached hydrogens (tertiary/aromatic N) is 4. The molecule has 2 N–H and O–H groups in total. The van der Waals surface area contributed by atoms with Gasteiger partial charge in [-0.3, -0.25) is 9.69 Å². The molecule has 1 aliphatic carbocycles. The van der Waals surface area contributed by atoms with Gasteiger partial charge in [-0.25, -0.2) is 9.78 Å². The Morgan fingerprint density at radius 2 is 2.09 bits per heavy atom. The summed E-state index contributed by atoms with van der Waals surface area (Å²) in [6.07, 6.45) is 11.2. The predicted molar refractivity (Wildman–Crippen MR) is 123 cm³/mol. The third-order valence-electron chi connectivity index (χ3n) is 7.36. The molecule has 33 heavy (non-hydrogen) atoms. The Bertz CT molecular complexity index is 939. The van der Waals surface area contributed by atoms with Gasteiger partial charge in [0.1, 0.15) is 0 Å². The Morgan fingerprint density at radius 3 is 2.76 bits per heavy atom. The number of aromatic nitrogens is 1. The summed E-state index contributed by atoms with van der Waals surface area (Å²) in [6, 6.07) is 1.85. The number of piperidine rings is 1. The molecule has 178 valence electrons. The van der Waals surface area contributed by atoms with Crippen molar-refractivity contribution in [3.8, 4) is 18.1 Å². The van der Waals surface area contributed by atoms with E-state index in [1.807, 2.05) is 4.90 Å². The first kappa shape index (κ1) is 23.2. The molecule has 2 aliphatic heterocycles. The fourth-order valence-electron chi connectivity index (χ4n) is 5.58. The predicted octanol–water partition coefficient (Wildman–Crippen LogP) is 2.33. The van der Waals surface area contributed by atoms with Gasteiger partial charge in [-0.05, 0) is 44.9 Å². The van der Waals surface area contributed by atoms with Crippen molar-refractivity contribution in [3.63, 3.8) is 0 Å². The number of carbonyl (C=O) groups is 2. The van der Waals surface area contributed by atoms with Gasteiger partial charge in [-0.2, -0.15) is 0 Å².